The van der Waals surface area contributed by atoms with Crippen LogP contribution < -0.4 is 19.5 Å². The SMILES string of the molecule is Cc1cnc(NC(=O)c2cc(Oc3ccc4c(c3Cl)OCCN(C)C4=O)cc(OC3CCOC3)c2)cn1. The molecule has 0 radical (unpaired) electrons. The van der Waals surface area contributed by atoms with Crippen molar-refractivity contribution in [2.24, 2.45) is 0 Å². The van der Waals surface area contributed by atoms with Crippen molar-refractivity contribution in [3.05, 3.63) is 64.6 Å². The van der Waals surface area contributed by atoms with Gasteiger partial charge >= 0.3 is 0 Å². The number of carbonyl (C=O) groups excluding carboxylic acids is 2. The van der Waals surface area contributed by atoms with Crippen LogP contribution in [0.15, 0.2) is 42.7 Å². The van der Waals surface area contributed by atoms with Gasteiger partial charge in [0, 0.05) is 25.1 Å². The quantitative estimate of drug-likeness (QED) is 0.512. The number of hydrogen-bond donors (Lipinski definition) is 1. The minimum atomic E-state index is -0.416. The average Bonchev–Trinajstić information content (AvgIpc) is 3.34. The standard InChI is InChI=1S/C26H25ClN4O6/c1-15-12-29-22(13-28-15)30-25(32)16-9-18(36-17-5-7-34-14-17)11-19(10-16)37-21-4-3-20-24(23(21)27)35-8-6-31(2)26(20)33/h3-4,9-13,17H,5-8,14H2,1-2H3,(H,29,30,32). The average molecular weight is 525 g/mol. The highest BCUT2D eigenvalue weighted by Crippen LogP contribution is 2.41. The second-order valence-electron chi connectivity index (χ2n) is 8.73. The minimum Gasteiger partial charge on any atom is -0.489 e. The summed E-state index contributed by atoms with van der Waals surface area (Å²) in [5, 5.41) is 2.89. The summed E-state index contributed by atoms with van der Waals surface area (Å²) in [5.74, 6) is 1.00. The van der Waals surface area contributed by atoms with Gasteiger partial charge in [-0.2, -0.15) is 0 Å². The Labute approximate surface area is 218 Å². The van der Waals surface area contributed by atoms with E-state index in [1.54, 1.807) is 48.5 Å². The monoisotopic (exact) mass is 524 g/mol. The molecule has 2 aliphatic rings. The molecule has 2 aliphatic heterocycles. The molecule has 37 heavy (non-hydrogen) atoms. The molecule has 3 aromatic rings. The molecule has 0 spiro atoms. The number of ether oxygens (including phenoxy) is 4. The number of aromatic nitrogens is 2. The molecular formula is C26H25ClN4O6. The van der Waals surface area contributed by atoms with Crippen molar-refractivity contribution in [3.8, 4) is 23.0 Å². The minimum absolute atomic E-state index is 0.137. The Hall–Kier alpha value is -3.89. The van der Waals surface area contributed by atoms with Crippen LogP contribution in [-0.4, -0.2) is 66.2 Å². The second kappa shape index (κ2) is 10.6. The highest BCUT2D eigenvalue weighted by atomic mass is 35.5. The highest BCUT2D eigenvalue weighted by Gasteiger charge is 2.26. The number of likely N-dealkylation sites (N-methyl/N-ethyl adjacent to an activating group) is 1. The van der Waals surface area contributed by atoms with Crippen molar-refractivity contribution >= 4 is 29.2 Å². The summed E-state index contributed by atoms with van der Waals surface area (Å²) in [6.45, 7) is 3.62. The van der Waals surface area contributed by atoms with Crippen LogP contribution in [-0.2, 0) is 4.74 Å². The van der Waals surface area contributed by atoms with Crippen LogP contribution in [0.1, 0.15) is 32.8 Å². The number of halogens is 1. The van der Waals surface area contributed by atoms with Gasteiger partial charge < -0.3 is 29.2 Å². The number of rotatable bonds is 6. The second-order valence-corrected chi connectivity index (χ2v) is 9.10. The number of hydrogen-bond acceptors (Lipinski definition) is 8. The number of carbonyl (C=O) groups is 2. The van der Waals surface area contributed by atoms with E-state index in [0.29, 0.717) is 49.2 Å². The van der Waals surface area contributed by atoms with Crippen molar-refractivity contribution in [1.29, 1.82) is 0 Å². The van der Waals surface area contributed by atoms with E-state index in [-0.39, 0.29) is 34.1 Å². The summed E-state index contributed by atoms with van der Waals surface area (Å²) in [6, 6.07) is 8.07. The van der Waals surface area contributed by atoms with Crippen molar-refractivity contribution < 1.29 is 28.5 Å². The molecule has 0 saturated carbocycles. The maximum Gasteiger partial charge on any atom is 0.257 e. The van der Waals surface area contributed by atoms with Crippen LogP contribution in [0.2, 0.25) is 5.02 Å². The molecule has 1 saturated heterocycles. The first-order chi connectivity index (χ1) is 17.9. The van der Waals surface area contributed by atoms with E-state index in [4.69, 9.17) is 30.5 Å². The Kier molecular flexibility index (Phi) is 7.11. The van der Waals surface area contributed by atoms with Gasteiger partial charge in [-0.25, -0.2) is 4.98 Å². The van der Waals surface area contributed by atoms with Crippen LogP contribution in [0.5, 0.6) is 23.0 Å². The molecule has 1 aromatic heterocycles. The lowest BCUT2D eigenvalue weighted by Crippen LogP contribution is -2.27. The molecule has 192 valence electrons. The molecule has 1 unspecified atom stereocenters. The van der Waals surface area contributed by atoms with Gasteiger partial charge in [0.2, 0.25) is 0 Å². The van der Waals surface area contributed by atoms with Gasteiger partial charge in [-0.15, -0.1) is 0 Å². The Morgan fingerprint density at radius 1 is 1.16 bits per heavy atom. The summed E-state index contributed by atoms with van der Waals surface area (Å²) in [4.78, 5) is 35.6. The molecule has 0 aliphatic carbocycles. The first-order valence-electron chi connectivity index (χ1n) is 11.8. The van der Waals surface area contributed by atoms with Crippen LogP contribution >= 0.6 is 11.6 Å². The van der Waals surface area contributed by atoms with Crippen LogP contribution in [0.25, 0.3) is 0 Å². The summed E-state index contributed by atoms with van der Waals surface area (Å²) >= 11 is 6.60. The summed E-state index contributed by atoms with van der Waals surface area (Å²) < 4.78 is 23.3. The number of aryl methyl sites for hydroxylation is 1. The predicted molar refractivity (Wildman–Crippen MR) is 135 cm³/mol. The lowest BCUT2D eigenvalue weighted by atomic mass is 10.1. The lowest BCUT2D eigenvalue weighted by molar-refractivity contribution is 0.0796. The Bertz CT molecular complexity index is 1330. The van der Waals surface area contributed by atoms with Crippen molar-refractivity contribution in [2.75, 3.05) is 38.7 Å². The van der Waals surface area contributed by atoms with Crippen molar-refractivity contribution in [1.82, 2.24) is 14.9 Å². The molecule has 1 fully saturated rings. The fraction of sp³-hybridized carbons (Fsp3) is 0.308. The first-order valence-corrected chi connectivity index (χ1v) is 12.1. The van der Waals surface area contributed by atoms with Crippen LogP contribution in [0.3, 0.4) is 0 Å². The Morgan fingerprint density at radius 2 is 2.00 bits per heavy atom. The zero-order valence-corrected chi connectivity index (χ0v) is 21.1. The first kappa shape index (κ1) is 24.8. The van der Waals surface area contributed by atoms with Gasteiger partial charge in [-0.05, 0) is 31.2 Å². The molecule has 11 heteroatoms. The van der Waals surface area contributed by atoms with Crippen molar-refractivity contribution in [2.45, 2.75) is 19.4 Å². The van der Waals surface area contributed by atoms with E-state index < -0.39 is 5.91 Å². The van der Waals surface area contributed by atoms with E-state index in [0.717, 1.165) is 12.1 Å². The molecule has 2 aromatic carbocycles. The molecule has 0 bridgehead atoms. The van der Waals surface area contributed by atoms with Gasteiger partial charge in [-0.1, -0.05) is 11.6 Å². The number of nitrogens with zero attached hydrogens (tertiary/aromatic N) is 3. The Balaban J connectivity index is 1.45. The van der Waals surface area contributed by atoms with E-state index >= 15 is 0 Å². The fourth-order valence-corrected chi connectivity index (χ4v) is 4.18. The third kappa shape index (κ3) is 5.60. The predicted octanol–water partition coefficient (Wildman–Crippen LogP) is 4.12. The summed E-state index contributed by atoms with van der Waals surface area (Å²) in [5.41, 5.74) is 1.38. The third-order valence-corrected chi connectivity index (χ3v) is 6.25. The number of benzene rings is 2. The topological polar surface area (TPSA) is 112 Å². The summed E-state index contributed by atoms with van der Waals surface area (Å²) in [7, 11) is 1.70. The molecule has 5 rings (SSSR count). The summed E-state index contributed by atoms with van der Waals surface area (Å²) in [6.07, 6.45) is 3.65. The Morgan fingerprint density at radius 3 is 2.76 bits per heavy atom. The zero-order chi connectivity index (χ0) is 25.9. The normalized spacial score (nSPS) is 17.0. The van der Waals surface area contributed by atoms with Gasteiger partial charge in [-0.3, -0.25) is 14.6 Å². The highest BCUT2D eigenvalue weighted by molar-refractivity contribution is 6.34. The maximum absolute atomic E-state index is 13.1. The number of anilines is 1. The van der Waals surface area contributed by atoms with E-state index in [9.17, 15) is 9.59 Å². The van der Waals surface area contributed by atoms with Gasteiger partial charge in [0.1, 0.15) is 35.0 Å². The van der Waals surface area contributed by atoms with E-state index in [1.165, 1.54) is 6.20 Å². The van der Waals surface area contributed by atoms with E-state index in [2.05, 4.69) is 15.3 Å². The molecule has 3 heterocycles. The lowest BCUT2D eigenvalue weighted by Gasteiger charge is -2.17. The fourth-order valence-electron chi connectivity index (χ4n) is 3.92. The van der Waals surface area contributed by atoms with Gasteiger partial charge in [0.25, 0.3) is 11.8 Å². The molecule has 1 N–H and O–H groups in total. The third-order valence-electron chi connectivity index (χ3n) is 5.90. The molecular weight excluding hydrogens is 500 g/mol. The van der Waals surface area contributed by atoms with Crippen LogP contribution in [0, 0.1) is 6.92 Å². The number of amides is 2. The van der Waals surface area contributed by atoms with Crippen LogP contribution in [0.4, 0.5) is 5.82 Å². The van der Waals surface area contributed by atoms with E-state index in [1.807, 2.05) is 6.92 Å². The zero-order valence-electron chi connectivity index (χ0n) is 20.3. The molecule has 10 nitrogen and oxygen atoms in total. The van der Waals surface area contributed by atoms with Crippen molar-refractivity contribution in [3.63, 3.8) is 0 Å². The smallest absolute Gasteiger partial charge is 0.257 e. The molecule has 1 atom stereocenters. The number of nitrogens with one attached hydrogen (secondary N) is 1. The van der Waals surface area contributed by atoms with Gasteiger partial charge in [0.05, 0.1) is 43.4 Å². The number of fused-ring (bicyclic) bond motifs is 1. The van der Waals surface area contributed by atoms with Gasteiger partial charge in [0.15, 0.2) is 11.6 Å². The molecule has 2 amide bonds. The maximum atomic E-state index is 13.1. The largest absolute Gasteiger partial charge is 0.489 e.